The van der Waals surface area contributed by atoms with Crippen molar-refractivity contribution in [2.75, 3.05) is 32.7 Å². The van der Waals surface area contributed by atoms with Gasteiger partial charge >= 0.3 is 12.0 Å². The molecular formula is C15H29N3O3. The summed E-state index contributed by atoms with van der Waals surface area (Å²) in [4.78, 5) is 26.6. The van der Waals surface area contributed by atoms with E-state index >= 15 is 0 Å². The molecule has 6 heteroatoms. The van der Waals surface area contributed by atoms with Gasteiger partial charge in [-0.2, -0.15) is 0 Å². The van der Waals surface area contributed by atoms with Crippen molar-refractivity contribution in [2.24, 2.45) is 0 Å². The summed E-state index contributed by atoms with van der Waals surface area (Å²) in [5.41, 5.74) is 0. The van der Waals surface area contributed by atoms with Crippen molar-refractivity contribution in [1.29, 1.82) is 0 Å². The number of hydrogen-bond acceptors (Lipinski definition) is 3. The largest absolute Gasteiger partial charge is 0.480 e. The van der Waals surface area contributed by atoms with Crippen LogP contribution in [0.1, 0.15) is 46.0 Å². The number of carboxylic acid groups (broad SMARTS) is 1. The maximum atomic E-state index is 12.2. The Hall–Kier alpha value is -1.30. The minimum absolute atomic E-state index is 0.0174. The number of carboxylic acids is 1. The van der Waals surface area contributed by atoms with Crippen LogP contribution in [0.15, 0.2) is 0 Å². The lowest BCUT2D eigenvalue weighted by Gasteiger charge is -2.24. The summed E-state index contributed by atoms with van der Waals surface area (Å²) < 4.78 is 0. The first-order valence-corrected chi connectivity index (χ1v) is 8.02. The average Bonchev–Trinajstić information content (AvgIpc) is 2.64. The Morgan fingerprint density at radius 1 is 1.19 bits per heavy atom. The van der Waals surface area contributed by atoms with Gasteiger partial charge in [-0.25, -0.2) is 4.79 Å². The molecule has 2 N–H and O–H groups in total. The van der Waals surface area contributed by atoms with E-state index in [1.807, 2.05) is 11.8 Å². The predicted octanol–water partition coefficient (Wildman–Crippen LogP) is 1.76. The molecule has 1 aliphatic heterocycles. The molecule has 1 saturated heterocycles. The van der Waals surface area contributed by atoms with Crippen LogP contribution in [0.25, 0.3) is 0 Å². The zero-order valence-electron chi connectivity index (χ0n) is 13.3. The lowest BCUT2D eigenvalue weighted by molar-refractivity contribution is -0.138. The summed E-state index contributed by atoms with van der Waals surface area (Å²) in [6.45, 7) is 6.94. The first-order chi connectivity index (χ1) is 10.0. The highest BCUT2D eigenvalue weighted by Crippen LogP contribution is 2.06. The third kappa shape index (κ3) is 7.32. The standard InChI is InChI=1S/C15H29N3O3/c1-3-4-5-7-13(2)16-15(21)18-9-6-8-17(10-11-18)12-14(19)20/h13H,3-12H2,1-2H3,(H,16,21)(H,19,20). The van der Waals surface area contributed by atoms with Gasteiger partial charge in [-0.15, -0.1) is 0 Å². The average molecular weight is 299 g/mol. The molecular weight excluding hydrogens is 270 g/mol. The molecule has 1 aliphatic rings. The molecule has 0 spiro atoms. The Bertz CT molecular complexity index is 336. The van der Waals surface area contributed by atoms with Gasteiger partial charge in [0.1, 0.15) is 0 Å². The first-order valence-electron chi connectivity index (χ1n) is 8.02. The van der Waals surface area contributed by atoms with E-state index in [9.17, 15) is 9.59 Å². The Labute approximate surface area is 127 Å². The van der Waals surface area contributed by atoms with Crippen molar-refractivity contribution >= 4 is 12.0 Å². The van der Waals surface area contributed by atoms with Gasteiger partial charge in [-0.05, 0) is 19.8 Å². The Morgan fingerprint density at radius 2 is 1.95 bits per heavy atom. The van der Waals surface area contributed by atoms with Gasteiger partial charge < -0.3 is 15.3 Å². The lowest BCUT2D eigenvalue weighted by atomic mass is 10.1. The molecule has 122 valence electrons. The fourth-order valence-electron chi connectivity index (χ4n) is 2.60. The monoisotopic (exact) mass is 299 g/mol. The predicted molar refractivity (Wildman–Crippen MR) is 82.4 cm³/mol. The van der Waals surface area contributed by atoms with Crippen LogP contribution in [-0.2, 0) is 4.79 Å². The molecule has 0 aromatic carbocycles. The summed E-state index contributed by atoms with van der Waals surface area (Å²) in [7, 11) is 0. The molecule has 1 heterocycles. The number of hydrogen-bond donors (Lipinski definition) is 2. The summed E-state index contributed by atoms with van der Waals surface area (Å²) in [5, 5.41) is 11.9. The van der Waals surface area contributed by atoms with Crippen molar-refractivity contribution in [3.05, 3.63) is 0 Å². The van der Waals surface area contributed by atoms with Crippen molar-refractivity contribution in [3.8, 4) is 0 Å². The van der Waals surface area contributed by atoms with E-state index in [2.05, 4.69) is 12.2 Å². The summed E-state index contributed by atoms with van der Waals surface area (Å²) in [6, 6.07) is 0.179. The molecule has 0 aromatic rings. The second kappa shape index (κ2) is 9.60. The lowest BCUT2D eigenvalue weighted by Crippen LogP contribution is -2.45. The molecule has 0 aliphatic carbocycles. The molecule has 1 unspecified atom stereocenters. The SMILES string of the molecule is CCCCCC(C)NC(=O)N1CCCN(CC(=O)O)CC1. The highest BCUT2D eigenvalue weighted by Gasteiger charge is 2.20. The number of urea groups is 1. The Kier molecular flexibility index (Phi) is 8.12. The van der Waals surface area contributed by atoms with Crippen LogP contribution in [0, 0.1) is 0 Å². The summed E-state index contributed by atoms with van der Waals surface area (Å²) >= 11 is 0. The van der Waals surface area contributed by atoms with Crippen molar-refractivity contribution in [1.82, 2.24) is 15.1 Å². The molecule has 1 fully saturated rings. The third-order valence-electron chi connectivity index (χ3n) is 3.85. The number of carbonyl (C=O) groups is 2. The Balaban J connectivity index is 2.32. The molecule has 0 radical (unpaired) electrons. The highest BCUT2D eigenvalue weighted by atomic mass is 16.4. The second-order valence-corrected chi connectivity index (χ2v) is 5.86. The van der Waals surface area contributed by atoms with Crippen LogP contribution >= 0.6 is 0 Å². The van der Waals surface area contributed by atoms with Gasteiger partial charge in [0.15, 0.2) is 0 Å². The number of aliphatic carboxylic acids is 1. The number of amides is 2. The maximum Gasteiger partial charge on any atom is 0.317 e. The molecule has 1 atom stereocenters. The Morgan fingerprint density at radius 3 is 2.62 bits per heavy atom. The van der Waals surface area contributed by atoms with E-state index in [1.165, 1.54) is 12.8 Å². The molecule has 2 amide bonds. The van der Waals surface area contributed by atoms with Gasteiger partial charge in [0.05, 0.1) is 6.54 Å². The minimum atomic E-state index is -0.808. The summed E-state index contributed by atoms with van der Waals surface area (Å²) in [6.07, 6.45) is 5.37. The van der Waals surface area contributed by atoms with E-state index in [4.69, 9.17) is 5.11 Å². The molecule has 21 heavy (non-hydrogen) atoms. The van der Waals surface area contributed by atoms with E-state index in [0.717, 1.165) is 25.8 Å². The number of carbonyl (C=O) groups excluding carboxylic acids is 1. The van der Waals surface area contributed by atoms with Crippen LogP contribution < -0.4 is 5.32 Å². The molecule has 0 bridgehead atoms. The van der Waals surface area contributed by atoms with E-state index in [0.29, 0.717) is 19.6 Å². The maximum absolute atomic E-state index is 12.2. The van der Waals surface area contributed by atoms with Crippen molar-refractivity contribution < 1.29 is 14.7 Å². The van der Waals surface area contributed by atoms with Gasteiger partial charge in [-0.1, -0.05) is 26.2 Å². The third-order valence-corrected chi connectivity index (χ3v) is 3.85. The van der Waals surface area contributed by atoms with E-state index in [-0.39, 0.29) is 18.6 Å². The summed E-state index contributed by atoms with van der Waals surface area (Å²) in [5.74, 6) is -0.808. The second-order valence-electron chi connectivity index (χ2n) is 5.86. The molecule has 1 rings (SSSR count). The van der Waals surface area contributed by atoms with Crippen LogP contribution in [-0.4, -0.2) is 65.7 Å². The number of nitrogens with one attached hydrogen (secondary N) is 1. The van der Waals surface area contributed by atoms with Crippen LogP contribution in [0.3, 0.4) is 0 Å². The molecule has 0 aromatic heterocycles. The van der Waals surface area contributed by atoms with E-state index in [1.54, 1.807) is 4.90 Å². The van der Waals surface area contributed by atoms with Gasteiger partial charge in [-0.3, -0.25) is 9.69 Å². The zero-order valence-corrected chi connectivity index (χ0v) is 13.3. The van der Waals surface area contributed by atoms with Gasteiger partial charge in [0.2, 0.25) is 0 Å². The number of nitrogens with zero attached hydrogens (tertiary/aromatic N) is 2. The smallest absolute Gasteiger partial charge is 0.317 e. The normalized spacial score (nSPS) is 18.1. The van der Waals surface area contributed by atoms with Crippen molar-refractivity contribution in [2.45, 2.75) is 52.0 Å². The van der Waals surface area contributed by atoms with E-state index < -0.39 is 5.97 Å². The van der Waals surface area contributed by atoms with Crippen molar-refractivity contribution in [3.63, 3.8) is 0 Å². The quantitative estimate of drug-likeness (QED) is 0.703. The topological polar surface area (TPSA) is 72.9 Å². The van der Waals surface area contributed by atoms with Gasteiger partial charge in [0.25, 0.3) is 0 Å². The minimum Gasteiger partial charge on any atom is -0.480 e. The molecule has 0 saturated carbocycles. The molecule has 6 nitrogen and oxygen atoms in total. The zero-order chi connectivity index (χ0) is 15.7. The highest BCUT2D eigenvalue weighted by molar-refractivity contribution is 5.74. The fourth-order valence-corrected chi connectivity index (χ4v) is 2.60. The van der Waals surface area contributed by atoms with Gasteiger partial charge in [0, 0.05) is 32.2 Å². The van der Waals surface area contributed by atoms with Crippen LogP contribution in [0.5, 0.6) is 0 Å². The van der Waals surface area contributed by atoms with Crippen LogP contribution in [0.4, 0.5) is 4.79 Å². The first kappa shape index (κ1) is 17.8. The van der Waals surface area contributed by atoms with Crippen LogP contribution in [0.2, 0.25) is 0 Å². The number of unbranched alkanes of at least 4 members (excludes halogenated alkanes) is 2. The number of rotatable bonds is 7. The fraction of sp³-hybridized carbons (Fsp3) is 0.867.